The van der Waals surface area contributed by atoms with Crippen LogP contribution in [0.2, 0.25) is 0 Å². The first-order valence-electron chi connectivity index (χ1n) is 2.20. The van der Waals surface area contributed by atoms with E-state index in [4.69, 9.17) is 5.73 Å². The molecule has 8 nitrogen and oxygen atoms in total. The van der Waals surface area contributed by atoms with Crippen molar-refractivity contribution < 1.29 is 36.2 Å². The van der Waals surface area contributed by atoms with Gasteiger partial charge in [-0.1, -0.05) is 0 Å². The van der Waals surface area contributed by atoms with Gasteiger partial charge in [0.15, 0.2) is 0 Å². The summed E-state index contributed by atoms with van der Waals surface area (Å²) in [5.41, 5.74) is 4.73. The van der Waals surface area contributed by atoms with Crippen LogP contribution in [-0.2, 0) is 9.59 Å². The third-order valence-electron chi connectivity index (χ3n) is 0.689. The fourth-order valence-electron chi connectivity index (χ4n) is 0.263. The van der Waals surface area contributed by atoms with E-state index in [-0.39, 0.29) is 54.2 Å². The van der Waals surface area contributed by atoms with Crippen molar-refractivity contribution in [1.82, 2.24) is 0 Å². The summed E-state index contributed by atoms with van der Waals surface area (Å²) in [7, 11) is 0. The third kappa shape index (κ3) is 18.8. The number of rotatable bonds is 3. The van der Waals surface area contributed by atoms with Gasteiger partial charge in [0.1, 0.15) is 0 Å². The Kier molecular flexibility index (Phi) is 32.7. The average Bonchev–Trinajstić information content (AvgIpc) is 1.63. The number of aliphatic carboxylic acids is 2. The Morgan fingerprint density at radius 3 is 1.54 bits per heavy atom. The van der Waals surface area contributed by atoms with Gasteiger partial charge in [-0.05, 0) is 0 Å². The van der Waals surface area contributed by atoms with Gasteiger partial charge >= 0.3 is 37.7 Å². The predicted molar refractivity (Wildman–Crippen MR) is 39.2 cm³/mol. The van der Waals surface area contributed by atoms with E-state index in [1.807, 2.05) is 0 Å². The summed E-state index contributed by atoms with van der Waals surface area (Å²) >= 11 is 0. The van der Waals surface area contributed by atoms with E-state index in [1.165, 1.54) is 0 Å². The number of nitrogens with two attached hydrogens (primary N) is 1. The molecule has 13 heavy (non-hydrogen) atoms. The molecule has 0 amide bonds. The molecule has 8 N–H and O–H groups in total. The van der Waals surface area contributed by atoms with Crippen LogP contribution in [0.1, 0.15) is 6.42 Å². The van der Waals surface area contributed by atoms with Crippen molar-refractivity contribution >= 4 is 49.7 Å². The van der Waals surface area contributed by atoms with Crippen LogP contribution in [0, 0.1) is 0 Å². The molecule has 1 unspecified atom stereocenters. The second-order valence-electron chi connectivity index (χ2n) is 1.50. The van der Waals surface area contributed by atoms with Crippen LogP contribution in [0.4, 0.5) is 0 Å². The normalized spacial score (nSPS) is 8.69. The number of carbonyl (C=O) groups is 2. The van der Waals surface area contributed by atoms with Crippen LogP contribution in [0.3, 0.4) is 0 Å². The summed E-state index contributed by atoms with van der Waals surface area (Å²) in [5, 5.41) is 19.3. The largest absolute Gasteiger partial charge is 2.00 e. The van der Waals surface area contributed by atoms with E-state index in [2.05, 4.69) is 0 Å². The van der Waals surface area contributed by atoms with E-state index in [9.17, 15) is 19.8 Å². The molecule has 0 aromatic heterocycles. The molecule has 0 saturated heterocycles. The Bertz CT molecular complexity index is 140. The zero-order valence-corrected chi connectivity index (χ0v) is 8.91. The minimum Gasteiger partial charge on any atom is -0.550 e. The van der Waals surface area contributed by atoms with E-state index >= 15 is 0 Å². The van der Waals surface area contributed by atoms with Crippen LogP contribution in [-0.4, -0.2) is 72.1 Å². The van der Waals surface area contributed by atoms with E-state index < -0.39 is 24.4 Å². The SMILES string of the molecule is NC(CC(=O)[O-])C(=O)[O-].O.O.O.[Ca+2]. The van der Waals surface area contributed by atoms with Crippen LogP contribution in [0.15, 0.2) is 0 Å². The molecule has 0 radical (unpaired) electrons. The van der Waals surface area contributed by atoms with Gasteiger partial charge < -0.3 is 42.0 Å². The second-order valence-corrected chi connectivity index (χ2v) is 1.50. The van der Waals surface area contributed by atoms with Gasteiger partial charge in [-0.15, -0.1) is 0 Å². The maximum atomic E-state index is 9.71. The van der Waals surface area contributed by atoms with Gasteiger partial charge in [-0.25, -0.2) is 0 Å². The van der Waals surface area contributed by atoms with E-state index in [1.54, 1.807) is 0 Å². The summed E-state index contributed by atoms with van der Waals surface area (Å²) in [6.07, 6.45) is -0.706. The minimum atomic E-state index is -1.58. The molecule has 1 atom stereocenters. The number of carboxylic acid groups (broad SMARTS) is 2. The van der Waals surface area contributed by atoms with Gasteiger partial charge in [0.25, 0.3) is 0 Å². The van der Waals surface area contributed by atoms with Crippen LogP contribution in [0.25, 0.3) is 0 Å². The van der Waals surface area contributed by atoms with Gasteiger partial charge in [-0.3, -0.25) is 0 Å². The van der Waals surface area contributed by atoms with Crippen LogP contribution in [0.5, 0.6) is 0 Å². The molecule has 0 aromatic rings. The van der Waals surface area contributed by atoms with Gasteiger partial charge in [0, 0.05) is 18.4 Å². The summed E-state index contributed by atoms with van der Waals surface area (Å²) in [6.45, 7) is 0. The second kappa shape index (κ2) is 14.6. The zero-order valence-electron chi connectivity index (χ0n) is 6.70. The Labute approximate surface area is 104 Å². The van der Waals surface area contributed by atoms with Crippen molar-refractivity contribution in [2.45, 2.75) is 12.5 Å². The molecule has 0 spiro atoms. The molecule has 0 aliphatic rings. The zero-order chi connectivity index (χ0) is 7.44. The van der Waals surface area contributed by atoms with E-state index in [0.29, 0.717) is 0 Å². The van der Waals surface area contributed by atoms with E-state index in [0.717, 1.165) is 0 Å². The molecular weight excluding hydrogens is 214 g/mol. The summed E-state index contributed by atoms with van der Waals surface area (Å²) in [4.78, 5) is 19.3. The van der Waals surface area contributed by atoms with Gasteiger partial charge in [-0.2, -0.15) is 0 Å². The van der Waals surface area contributed by atoms with Crippen molar-refractivity contribution in [1.29, 1.82) is 0 Å². The molecule has 0 saturated carbocycles. The first-order chi connectivity index (χ1) is 4.04. The van der Waals surface area contributed by atoms with Crippen molar-refractivity contribution in [3.05, 3.63) is 0 Å². The Balaban J connectivity index is -0.0000000533. The number of hydrogen-bond acceptors (Lipinski definition) is 5. The van der Waals surface area contributed by atoms with Crippen molar-refractivity contribution in [3.63, 3.8) is 0 Å². The smallest absolute Gasteiger partial charge is 0.550 e. The molecule has 0 fully saturated rings. The molecule has 0 aliphatic heterocycles. The van der Waals surface area contributed by atoms with Gasteiger partial charge in [0.05, 0.1) is 5.97 Å². The first kappa shape index (κ1) is 29.2. The topological polar surface area (TPSA) is 201 Å². The van der Waals surface area contributed by atoms with Crippen molar-refractivity contribution in [3.8, 4) is 0 Å². The van der Waals surface area contributed by atoms with Crippen LogP contribution < -0.4 is 15.9 Å². The summed E-state index contributed by atoms with van der Waals surface area (Å²) in [5.74, 6) is -3.08. The Morgan fingerprint density at radius 1 is 1.15 bits per heavy atom. The Morgan fingerprint density at radius 2 is 1.46 bits per heavy atom. The number of hydrogen-bond donors (Lipinski definition) is 1. The molecule has 0 aromatic carbocycles. The monoisotopic (exact) mass is 225 g/mol. The van der Waals surface area contributed by atoms with Crippen molar-refractivity contribution in [2.75, 3.05) is 0 Å². The summed E-state index contributed by atoms with van der Waals surface area (Å²) < 4.78 is 0. The van der Waals surface area contributed by atoms with Crippen molar-refractivity contribution in [2.24, 2.45) is 5.73 Å². The molecule has 0 bridgehead atoms. The maximum Gasteiger partial charge on any atom is 2.00 e. The maximum absolute atomic E-state index is 9.71. The molecule has 0 aliphatic carbocycles. The molecule has 9 heteroatoms. The third-order valence-corrected chi connectivity index (χ3v) is 0.689. The molecular formula is C4H11CaNO7. The van der Waals surface area contributed by atoms with Gasteiger partial charge in [0.2, 0.25) is 0 Å². The molecule has 76 valence electrons. The molecule has 0 heterocycles. The average molecular weight is 225 g/mol. The Hall–Kier alpha value is 0.0397. The summed E-state index contributed by atoms with van der Waals surface area (Å²) in [6, 6.07) is -1.46. The number of carbonyl (C=O) groups excluding carboxylic acids is 2. The molecule has 0 rings (SSSR count). The standard InChI is InChI=1S/C4H7NO4.Ca.3H2O/c5-2(4(8)9)1-3(6)7;;;;/h2H,1,5H2,(H,6,7)(H,8,9);;3*1H2/q;+2;;;/p-2. The fourth-order valence-corrected chi connectivity index (χ4v) is 0.263. The quantitative estimate of drug-likeness (QED) is 0.464. The fraction of sp³-hybridized carbons (Fsp3) is 0.500. The number of carboxylic acids is 2. The minimum absolute atomic E-state index is 0. The first-order valence-corrected chi connectivity index (χ1v) is 2.20. The van der Waals surface area contributed by atoms with Crippen LogP contribution >= 0.6 is 0 Å². The predicted octanol–water partition coefficient (Wildman–Crippen LogP) is -6.65.